The first-order valence-electron chi connectivity index (χ1n) is 10.0. The molecule has 0 aliphatic carbocycles. The fraction of sp³-hybridized carbons (Fsp3) is 0.217. The number of hydrogen-bond acceptors (Lipinski definition) is 7. The number of nitrogens with zero attached hydrogens (tertiary/aromatic N) is 1. The van der Waals surface area contributed by atoms with Crippen LogP contribution in [0.5, 0.6) is 5.75 Å². The van der Waals surface area contributed by atoms with Crippen LogP contribution in [0, 0.1) is 6.92 Å². The number of rotatable bonds is 6. The first kappa shape index (κ1) is 23.0. The van der Waals surface area contributed by atoms with E-state index >= 15 is 0 Å². The maximum Gasteiger partial charge on any atom is 0.348 e. The lowest BCUT2D eigenvalue weighted by molar-refractivity contribution is -0.119. The minimum atomic E-state index is -3.66. The van der Waals surface area contributed by atoms with Crippen LogP contribution in [0.3, 0.4) is 0 Å². The number of ether oxygens (including phenoxy) is 2. The fourth-order valence-corrected chi connectivity index (χ4v) is 5.59. The summed E-state index contributed by atoms with van der Waals surface area (Å²) >= 11 is 1.29. The van der Waals surface area contributed by atoms with E-state index in [2.05, 4.69) is 5.32 Å². The minimum Gasteiger partial charge on any atom is -0.488 e. The molecule has 1 aliphatic heterocycles. The third-order valence-electron chi connectivity index (χ3n) is 5.09. The van der Waals surface area contributed by atoms with Gasteiger partial charge in [-0.15, -0.1) is 11.3 Å². The van der Waals surface area contributed by atoms with Crippen LogP contribution < -0.4 is 10.1 Å². The summed E-state index contributed by atoms with van der Waals surface area (Å²) in [6, 6.07) is 13.9. The van der Waals surface area contributed by atoms with Crippen molar-refractivity contribution in [1.82, 2.24) is 4.31 Å². The Balaban J connectivity index is 1.42. The number of carbonyl (C=O) groups excluding carboxylic acids is 2. The molecule has 33 heavy (non-hydrogen) atoms. The molecule has 2 aromatic carbocycles. The van der Waals surface area contributed by atoms with Crippen LogP contribution in [-0.2, 0) is 26.2 Å². The summed E-state index contributed by atoms with van der Waals surface area (Å²) in [5.74, 6) is -0.419. The maximum atomic E-state index is 12.5. The Morgan fingerprint density at radius 2 is 1.91 bits per heavy atom. The van der Waals surface area contributed by atoms with Crippen LogP contribution in [0.2, 0.25) is 0 Å². The third kappa shape index (κ3) is 4.63. The standard InChI is InChI=1S/C23H22N2O6S2/c1-14-8-9-16(11-20(14)33(28,29)25(2)3)24-21(26)13-31-23(27)19-10-15-12-30-18-7-5-4-6-17(18)22(15)32-19/h4-11H,12-13H2,1-3H3,(H,24,26). The molecule has 1 aromatic heterocycles. The van der Waals surface area contributed by atoms with Gasteiger partial charge in [0.2, 0.25) is 10.0 Å². The number of sulfonamides is 1. The smallest absolute Gasteiger partial charge is 0.348 e. The third-order valence-corrected chi connectivity index (χ3v) is 8.24. The lowest BCUT2D eigenvalue weighted by Gasteiger charge is -2.16. The Hall–Kier alpha value is -3.21. The van der Waals surface area contributed by atoms with Gasteiger partial charge >= 0.3 is 5.97 Å². The van der Waals surface area contributed by atoms with Gasteiger partial charge in [0.15, 0.2) is 6.61 Å². The van der Waals surface area contributed by atoms with Gasteiger partial charge in [0.25, 0.3) is 5.91 Å². The van der Waals surface area contributed by atoms with Crippen LogP contribution >= 0.6 is 11.3 Å². The van der Waals surface area contributed by atoms with E-state index in [1.54, 1.807) is 25.1 Å². The molecule has 0 atom stereocenters. The average molecular weight is 487 g/mol. The van der Waals surface area contributed by atoms with Crippen molar-refractivity contribution in [3.63, 3.8) is 0 Å². The molecule has 0 fully saturated rings. The van der Waals surface area contributed by atoms with Gasteiger partial charge in [-0.3, -0.25) is 4.79 Å². The highest BCUT2D eigenvalue weighted by molar-refractivity contribution is 7.89. The van der Waals surface area contributed by atoms with Gasteiger partial charge in [0, 0.05) is 35.8 Å². The molecule has 1 aliphatic rings. The number of fused-ring (bicyclic) bond motifs is 3. The summed E-state index contributed by atoms with van der Waals surface area (Å²) in [6.45, 7) is 1.54. The molecule has 2 heterocycles. The lowest BCUT2D eigenvalue weighted by atomic mass is 10.1. The molecule has 4 rings (SSSR count). The monoisotopic (exact) mass is 486 g/mol. The summed E-state index contributed by atoms with van der Waals surface area (Å²) in [4.78, 5) is 26.3. The van der Waals surface area contributed by atoms with Gasteiger partial charge in [-0.05, 0) is 42.8 Å². The minimum absolute atomic E-state index is 0.0916. The molecule has 0 bridgehead atoms. The van der Waals surface area contributed by atoms with Crippen molar-refractivity contribution in [3.8, 4) is 16.2 Å². The second kappa shape index (κ2) is 8.97. The van der Waals surface area contributed by atoms with Crippen LogP contribution in [0.15, 0.2) is 53.4 Å². The van der Waals surface area contributed by atoms with E-state index in [1.165, 1.54) is 31.5 Å². The Kier molecular flexibility index (Phi) is 6.24. The quantitative estimate of drug-likeness (QED) is 0.534. The van der Waals surface area contributed by atoms with Crippen molar-refractivity contribution in [2.24, 2.45) is 0 Å². The Bertz CT molecular complexity index is 1340. The molecule has 1 N–H and O–H groups in total. The number of para-hydroxylation sites is 1. The zero-order chi connectivity index (χ0) is 23.8. The molecule has 0 spiro atoms. The predicted molar refractivity (Wildman–Crippen MR) is 125 cm³/mol. The topological polar surface area (TPSA) is 102 Å². The van der Waals surface area contributed by atoms with Crippen LogP contribution in [0.25, 0.3) is 10.4 Å². The number of carbonyl (C=O) groups is 2. The Morgan fingerprint density at radius 3 is 2.67 bits per heavy atom. The number of anilines is 1. The number of benzene rings is 2. The second-order valence-corrected chi connectivity index (χ2v) is 10.8. The summed E-state index contributed by atoms with van der Waals surface area (Å²) < 4.78 is 36.9. The molecule has 3 aromatic rings. The highest BCUT2D eigenvalue weighted by Gasteiger charge is 2.24. The SMILES string of the molecule is Cc1ccc(NC(=O)COC(=O)c2cc3c(s2)-c2ccccc2OC3)cc1S(=O)(=O)N(C)C. The highest BCUT2D eigenvalue weighted by atomic mass is 32.2. The van der Waals surface area contributed by atoms with E-state index < -0.39 is 28.5 Å². The summed E-state index contributed by atoms with van der Waals surface area (Å²) in [5, 5.41) is 2.57. The molecule has 1 amide bonds. The van der Waals surface area contributed by atoms with E-state index in [0.717, 1.165) is 26.1 Å². The second-order valence-electron chi connectivity index (χ2n) is 7.64. The normalized spacial score (nSPS) is 12.5. The van der Waals surface area contributed by atoms with E-state index in [0.29, 0.717) is 22.7 Å². The molecular weight excluding hydrogens is 464 g/mol. The molecule has 0 radical (unpaired) electrons. The van der Waals surface area contributed by atoms with Crippen LogP contribution in [0.1, 0.15) is 20.8 Å². The molecule has 172 valence electrons. The zero-order valence-corrected chi connectivity index (χ0v) is 19.9. The summed E-state index contributed by atoms with van der Waals surface area (Å²) in [6.07, 6.45) is 0. The van der Waals surface area contributed by atoms with Crippen molar-refractivity contribution < 1.29 is 27.5 Å². The summed E-state index contributed by atoms with van der Waals surface area (Å²) in [7, 11) is -0.789. The van der Waals surface area contributed by atoms with Crippen LogP contribution in [0.4, 0.5) is 5.69 Å². The maximum absolute atomic E-state index is 12.5. The number of amides is 1. The molecular formula is C23H22N2O6S2. The Labute approximate surface area is 195 Å². The molecule has 10 heteroatoms. The van der Waals surface area contributed by atoms with Crippen molar-refractivity contribution in [2.45, 2.75) is 18.4 Å². The largest absolute Gasteiger partial charge is 0.488 e. The fourth-order valence-electron chi connectivity index (χ4n) is 3.35. The van der Waals surface area contributed by atoms with Gasteiger partial charge in [0.05, 0.1) is 4.90 Å². The predicted octanol–water partition coefficient (Wildman–Crippen LogP) is 3.66. The number of hydrogen-bond donors (Lipinski definition) is 1. The number of esters is 1. The van der Waals surface area contributed by atoms with Gasteiger partial charge in [-0.25, -0.2) is 17.5 Å². The van der Waals surface area contributed by atoms with E-state index in [1.807, 2.05) is 24.3 Å². The molecule has 8 nitrogen and oxygen atoms in total. The molecule has 0 saturated heterocycles. The van der Waals surface area contributed by atoms with E-state index in [-0.39, 0.29) is 4.90 Å². The van der Waals surface area contributed by atoms with Gasteiger partial charge < -0.3 is 14.8 Å². The molecule has 0 saturated carbocycles. The van der Waals surface area contributed by atoms with E-state index in [9.17, 15) is 18.0 Å². The summed E-state index contributed by atoms with van der Waals surface area (Å²) in [5.41, 5.74) is 2.66. The lowest BCUT2D eigenvalue weighted by Crippen LogP contribution is -2.24. The van der Waals surface area contributed by atoms with Crippen LogP contribution in [-0.4, -0.2) is 45.3 Å². The highest BCUT2D eigenvalue weighted by Crippen LogP contribution is 2.42. The van der Waals surface area contributed by atoms with Crippen molar-refractivity contribution in [2.75, 3.05) is 26.0 Å². The average Bonchev–Trinajstić information content (AvgIpc) is 3.23. The number of nitrogens with one attached hydrogen (secondary N) is 1. The number of thiophene rings is 1. The van der Waals surface area contributed by atoms with Crippen molar-refractivity contribution in [3.05, 3.63) is 64.5 Å². The zero-order valence-electron chi connectivity index (χ0n) is 18.2. The first-order chi connectivity index (χ1) is 15.7. The molecule has 0 unspecified atom stereocenters. The first-order valence-corrected chi connectivity index (χ1v) is 12.3. The van der Waals surface area contributed by atoms with Gasteiger partial charge in [0.1, 0.15) is 17.2 Å². The Morgan fingerprint density at radius 1 is 1.15 bits per heavy atom. The van der Waals surface area contributed by atoms with Gasteiger partial charge in [-0.1, -0.05) is 18.2 Å². The number of aryl methyl sites for hydroxylation is 1. The van der Waals surface area contributed by atoms with Crippen molar-refractivity contribution in [1.29, 1.82) is 0 Å². The van der Waals surface area contributed by atoms with Gasteiger partial charge in [-0.2, -0.15) is 0 Å². The van der Waals surface area contributed by atoms with E-state index in [4.69, 9.17) is 9.47 Å². The van der Waals surface area contributed by atoms with Crippen molar-refractivity contribution >= 4 is 38.9 Å².